The van der Waals surface area contributed by atoms with E-state index in [1.54, 1.807) is 36.6 Å². The summed E-state index contributed by atoms with van der Waals surface area (Å²) in [5, 5.41) is 0. The zero-order valence-electron chi connectivity index (χ0n) is 16.1. The van der Waals surface area contributed by atoms with Gasteiger partial charge < -0.3 is 9.47 Å². The van der Waals surface area contributed by atoms with Crippen LogP contribution in [0.25, 0.3) is 0 Å². The Hall–Kier alpha value is -2.95. The molecule has 0 saturated heterocycles. The molecule has 0 spiro atoms. The second-order valence-electron chi connectivity index (χ2n) is 6.44. The van der Waals surface area contributed by atoms with Gasteiger partial charge in [-0.2, -0.15) is 0 Å². The summed E-state index contributed by atoms with van der Waals surface area (Å²) >= 11 is 0. The van der Waals surface area contributed by atoms with Crippen molar-refractivity contribution in [3.63, 3.8) is 0 Å². The van der Waals surface area contributed by atoms with Gasteiger partial charge in [0.05, 0.1) is 12.2 Å². The molecule has 0 bridgehead atoms. The average Bonchev–Trinajstić information content (AvgIpc) is 2.73. The van der Waals surface area contributed by atoms with E-state index in [4.69, 9.17) is 9.47 Å². The Morgan fingerprint density at radius 2 is 1.50 bits per heavy atom. The lowest BCUT2D eigenvalue weighted by atomic mass is 9.98. The van der Waals surface area contributed by atoms with Gasteiger partial charge in [-0.3, -0.25) is 9.59 Å². The summed E-state index contributed by atoms with van der Waals surface area (Å²) in [5.41, 5.74) is 0.545. The van der Waals surface area contributed by atoms with Crippen LogP contribution in [0, 0.1) is 0 Å². The lowest BCUT2D eigenvalue weighted by molar-refractivity contribution is 0.0956. The number of benzene rings is 2. The van der Waals surface area contributed by atoms with Crippen molar-refractivity contribution in [1.82, 2.24) is 0 Å². The second kappa shape index (κ2) is 11.7. The Labute approximate surface area is 165 Å². The molecule has 0 atom stereocenters. The molecule has 2 aromatic rings. The van der Waals surface area contributed by atoms with E-state index in [9.17, 15) is 14.4 Å². The Balaban J connectivity index is 1.95. The fraction of sp³-hybridized carbons (Fsp3) is 0.348. The third-order valence-electron chi connectivity index (χ3n) is 4.32. The maximum atomic E-state index is 12.8. The third kappa shape index (κ3) is 6.34. The first-order valence-electron chi connectivity index (χ1n) is 9.63. The minimum absolute atomic E-state index is 0.0983. The first-order valence-corrected chi connectivity index (χ1v) is 9.63. The molecule has 0 amide bonds. The average molecular weight is 381 g/mol. The Morgan fingerprint density at radius 3 is 2.25 bits per heavy atom. The van der Waals surface area contributed by atoms with Crippen LogP contribution in [0.4, 0.5) is 4.79 Å². The molecule has 0 aliphatic heterocycles. The number of rotatable bonds is 11. The van der Waals surface area contributed by atoms with Crippen LogP contribution in [0.15, 0.2) is 48.5 Å². The third-order valence-corrected chi connectivity index (χ3v) is 4.32. The van der Waals surface area contributed by atoms with Crippen molar-refractivity contribution in [3.8, 4) is 5.75 Å². The fourth-order valence-corrected chi connectivity index (χ4v) is 2.82. The second-order valence-corrected chi connectivity index (χ2v) is 6.44. The monoisotopic (exact) mass is 381 g/mol. The van der Waals surface area contributed by atoms with Crippen molar-refractivity contribution in [2.24, 2.45) is 0 Å². The van der Waals surface area contributed by atoms with Gasteiger partial charge >= 0.3 is 6.16 Å². The molecular formula is C23H25O5. The van der Waals surface area contributed by atoms with Crippen LogP contribution in [0.3, 0.4) is 0 Å². The number of para-hydroxylation sites is 1. The molecule has 0 unspecified atom stereocenters. The van der Waals surface area contributed by atoms with Crippen molar-refractivity contribution in [2.75, 3.05) is 6.61 Å². The van der Waals surface area contributed by atoms with Crippen molar-refractivity contribution >= 4 is 18.2 Å². The normalized spacial score (nSPS) is 10.3. The van der Waals surface area contributed by atoms with E-state index in [0.717, 1.165) is 19.3 Å². The largest absolute Gasteiger partial charge is 0.513 e. The van der Waals surface area contributed by atoms with Crippen LogP contribution < -0.4 is 4.74 Å². The molecule has 0 aliphatic rings. The number of ketones is 1. The summed E-state index contributed by atoms with van der Waals surface area (Å²) in [6.07, 6.45) is 7.42. The van der Waals surface area contributed by atoms with Crippen LogP contribution in [-0.2, 0) is 9.53 Å². The van der Waals surface area contributed by atoms with Gasteiger partial charge in [-0.05, 0) is 18.6 Å². The summed E-state index contributed by atoms with van der Waals surface area (Å²) in [7, 11) is 0. The van der Waals surface area contributed by atoms with Crippen molar-refractivity contribution in [1.29, 1.82) is 0 Å². The highest BCUT2D eigenvalue weighted by Gasteiger charge is 2.19. The maximum absolute atomic E-state index is 12.8. The van der Waals surface area contributed by atoms with Crippen LogP contribution >= 0.6 is 0 Å². The smallest absolute Gasteiger partial charge is 0.434 e. The van der Waals surface area contributed by atoms with Crippen molar-refractivity contribution in [3.05, 3.63) is 65.2 Å². The zero-order valence-corrected chi connectivity index (χ0v) is 16.1. The molecule has 0 heterocycles. The van der Waals surface area contributed by atoms with Gasteiger partial charge in [0.2, 0.25) is 6.29 Å². The Morgan fingerprint density at radius 1 is 0.857 bits per heavy atom. The molecule has 28 heavy (non-hydrogen) atoms. The molecule has 0 fully saturated rings. The fourth-order valence-electron chi connectivity index (χ4n) is 2.82. The highest BCUT2D eigenvalue weighted by atomic mass is 16.7. The predicted octanol–water partition coefficient (Wildman–Crippen LogP) is 5.25. The van der Waals surface area contributed by atoms with Gasteiger partial charge in [0, 0.05) is 11.1 Å². The number of hydrogen-bond donors (Lipinski definition) is 0. The summed E-state index contributed by atoms with van der Waals surface area (Å²) in [6.45, 7) is 2.45. The van der Waals surface area contributed by atoms with Crippen molar-refractivity contribution in [2.45, 2.75) is 45.4 Å². The summed E-state index contributed by atoms with van der Waals surface area (Å²) in [6, 6.07) is 12.7. The van der Waals surface area contributed by atoms with Crippen LogP contribution in [-0.4, -0.2) is 24.8 Å². The van der Waals surface area contributed by atoms with E-state index in [0.29, 0.717) is 0 Å². The van der Waals surface area contributed by atoms with E-state index in [-0.39, 0.29) is 29.0 Å². The van der Waals surface area contributed by atoms with Gasteiger partial charge in [0.25, 0.3) is 0 Å². The predicted molar refractivity (Wildman–Crippen MR) is 106 cm³/mol. The molecule has 0 saturated carbocycles. The molecule has 147 valence electrons. The van der Waals surface area contributed by atoms with E-state index < -0.39 is 11.9 Å². The number of ether oxygens (including phenoxy) is 2. The van der Waals surface area contributed by atoms with E-state index >= 15 is 0 Å². The molecule has 0 N–H and O–H groups in total. The molecular weight excluding hydrogens is 356 g/mol. The van der Waals surface area contributed by atoms with Gasteiger partial charge in [0.15, 0.2) is 5.78 Å². The minimum atomic E-state index is -0.843. The van der Waals surface area contributed by atoms with Gasteiger partial charge in [-0.1, -0.05) is 75.4 Å². The summed E-state index contributed by atoms with van der Waals surface area (Å²) < 4.78 is 10.3. The van der Waals surface area contributed by atoms with E-state index in [1.807, 2.05) is 0 Å². The quantitative estimate of drug-likeness (QED) is 0.230. The molecule has 2 rings (SSSR count). The van der Waals surface area contributed by atoms with Crippen LogP contribution in [0.1, 0.15) is 66.9 Å². The Kier molecular flexibility index (Phi) is 8.92. The number of unbranched alkanes of at least 4 members (excludes halogenated alkanes) is 5. The minimum Gasteiger partial charge on any atom is -0.434 e. The Bertz CT molecular complexity index is 797. The SMILES string of the molecule is CCCCCCCCOC(=O)Oc1ccccc1C(=O)c1ccccc1[C]=O. The van der Waals surface area contributed by atoms with Crippen molar-refractivity contribution < 1.29 is 23.9 Å². The summed E-state index contributed by atoms with van der Waals surface area (Å²) in [4.78, 5) is 35.8. The van der Waals surface area contributed by atoms with Crippen LogP contribution in [0.2, 0.25) is 0 Å². The molecule has 0 aliphatic carbocycles. The van der Waals surface area contributed by atoms with Gasteiger partial charge in [-0.25, -0.2) is 4.79 Å². The van der Waals surface area contributed by atoms with E-state index in [1.165, 1.54) is 37.5 Å². The van der Waals surface area contributed by atoms with Crippen LogP contribution in [0.5, 0.6) is 5.75 Å². The lowest BCUT2D eigenvalue weighted by Crippen LogP contribution is -2.14. The number of carbonyl (C=O) groups excluding carboxylic acids is 3. The first kappa shape index (κ1) is 21.4. The molecule has 2 aromatic carbocycles. The highest BCUT2D eigenvalue weighted by molar-refractivity contribution is 6.14. The number of hydrogen-bond acceptors (Lipinski definition) is 5. The summed E-state index contributed by atoms with van der Waals surface area (Å²) in [5.74, 6) is -0.320. The molecule has 0 aromatic heterocycles. The van der Waals surface area contributed by atoms with E-state index in [2.05, 4.69) is 6.92 Å². The topological polar surface area (TPSA) is 69.7 Å². The first-order chi connectivity index (χ1) is 13.7. The van der Waals surface area contributed by atoms with Gasteiger partial charge in [-0.15, -0.1) is 0 Å². The van der Waals surface area contributed by atoms with Gasteiger partial charge in [0.1, 0.15) is 5.75 Å². The molecule has 5 nitrogen and oxygen atoms in total. The highest BCUT2D eigenvalue weighted by Crippen LogP contribution is 2.23. The molecule has 5 heteroatoms. The number of carbonyl (C=O) groups is 2. The zero-order chi connectivity index (χ0) is 20.2. The maximum Gasteiger partial charge on any atom is 0.513 e. The lowest BCUT2D eigenvalue weighted by Gasteiger charge is -2.10. The standard InChI is InChI=1S/C23H25O5/c1-2-3-4-5-6-11-16-27-23(26)28-21-15-10-9-14-20(21)22(25)19-13-8-7-12-18(19)17-24/h7-10,12-15H,2-6,11,16H2,1H3. The molecule has 1 radical (unpaired) electrons.